The third-order valence-electron chi connectivity index (χ3n) is 4.37. The lowest BCUT2D eigenvalue weighted by Crippen LogP contribution is -2.41. The van der Waals surface area contributed by atoms with Crippen molar-refractivity contribution < 1.29 is 18.8 Å². The molecule has 1 fully saturated rings. The van der Waals surface area contributed by atoms with Crippen LogP contribution >= 0.6 is 24.2 Å². The Labute approximate surface area is 153 Å². The molecular weight excluding hydrogens is 349 g/mol. The number of halogens is 1. The van der Waals surface area contributed by atoms with E-state index in [1.807, 2.05) is 27.7 Å². The summed E-state index contributed by atoms with van der Waals surface area (Å²) >= 11 is 10.5. The van der Waals surface area contributed by atoms with Crippen LogP contribution in [0.3, 0.4) is 0 Å². The summed E-state index contributed by atoms with van der Waals surface area (Å²) in [6, 6.07) is 1.62. The normalized spacial score (nSPS) is 19.5. The molecule has 0 amide bonds. The summed E-state index contributed by atoms with van der Waals surface area (Å²) in [6.45, 7) is 7.93. The molecule has 8 heteroatoms. The van der Waals surface area contributed by atoms with E-state index in [4.69, 9.17) is 25.6 Å². The minimum Gasteiger partial charge on any atom is -0.465 e. The first-order valence-electron chi connectivity index (χ1n) is 7.52. The Morgan fingerprint density at radius 3 is 2.46 bits per heavy atom. The van der Waals surface area contributed by atoms with Gasteiger partial charge in [-0.2, -0.15) is 12.6 Å². The van der Waals surface area contributed by atoms with E-state index in [2.05, 4.69) is 17.6 Å². The van der Waals surface area contributed by atoms with Crippen molar-refractivity contribution in [1.29, 1.82) is 0 Å². The number of thiol groups is 1. The molecule has 1 aromatic rings. The molecule has 0 spiro atoms. The molecule has 0 saturated carbocycles. The molecule has 2 rings (SSSR count). The van der Waals surface area contributed by atoms with Crippen LogP contribution in [0.5, 0.6) is 0 Å². The van der Waals surface area contributed by atoms with Crippen molar-refractivity contribution >= 4 is 43.4 Å². The minimum absolute atomic E-state index is 0.276. The predicted octanol–water partition coefficient (Wildman–Crippen LogP) is 3.47. The summed E-state index contributed by atoms with van der Waals surface area (Å²) in [5, 5.41) is 0.276. The maximum absolute atomic E-state index is 11.7. The summed E-state index contributed by atoms with van der Waals surface area (Å²) in [7, 11) is 0.779. The van der Waals surface area contributed by atoms with Crippen molar-refractivity contribution in [2.24, 2.45) is 0 Å². The first kappa shape index (κ1) is 19.3. The highest BCUT2D eigenvalue weighted by atomic mass is 35.5. The van der Waals surface area contributed by atoms with Crippen LogP contribution in [0.1, 0.15) is 43.6 Å². The molecule has 5 nitrogen and oxygen atoms in total. The predicted molar refractivity (Wildman–Crippen MR) is 98.5 cm³/mol. The number of nitrogens with zero attached hydrogens (tertiary/aromatic N) is 1. The summed E-state index contributed by atoms with van der Waals surface area (Å²) in [5.41, 5.74) is 0.798. The van der Waals surface area contributed by atoms with Gasteiger partial charge in [0, 0.05) is 17.5 Å². The number of aromatic nitrogens is 1. The second-order valence-electron chi connectivity index (χ2n) is 6.56. The topological polar surface area (TPSA) is 57.7 Å². The monoisotopic (exact) mass is 369 g/mol. The van der Waals surface area contributed by atoms with Crippen molar-refractivity contribution in [3.05, 3.63) is 34.0 Å². The van der Waals surface area contributed by atoms with Gasteiger partial charge in [0.15, 0.2) is 0 Å². The van der Waals surface area contributed by atoms with Crippen LogP contribution < -0.4 is 0 Å². The van der Waals surface area contributed by atoms with E-state index in [0.717, 1.165) is 5.47 Å². The summed E-state index contributed by atoms with van der Waals surface area (Å²) in [6.07, 6.45) is 3.16. The second-order valence-corrected chi connectivity index (χ2v) is 7.24. The maximum Gasteiger partial charge on any atom is 0.491 e. The Kier molecular flexibility index (Phi) is 5.70. The highest BCUT2D eigenvalue weighted by Gasteiger charge is 2.52. The van der Waals surface area contributed by atoms with Gasteiger partial charge < -0.3 is 14.0 Å². The number of rotatable bonds is 4. The molecule has 0 unspecified atom stereocenters. The fourth-order valence-electron chi connectivity index (χ4n) is 2.18. The Bertz CT molecular complexity index is 662. The van der Waals surface area contributed by atoms with E-state index < -0.39 is 24.3 Å². The van der Waals surface area contributed by atoms with E-state index in [0.29, 0.717) is 16.9 Å². The number of carbonyl (C=O) groups excluding carboxylic acids is 1. The van der Waals surface area contributed by atoms with Gasteiger partial charge in [0.05, 0.1) is 23.9 Å². The number of hydrogen-bond donors (Lipinski definition) is 1. The van der Waals surface area contributed by atoms with Gasteiger partial charge in [0.1, 0.15) is 5.15 Å². The second kappa shape index (κ2) is 7.08. The smallest absolute Gasteiger partial charge is 0.465 e. The zero-order chi connectivity index (χ0) is 18.1. The van der Waals surface area contributed by atoms with Crippen LogP contribution in [-0.2, 0) is 14.0 Å². The van der Waals surface area contributed by atoms with Crippen LogP contribution in [0, 0.1) is 0 Å². The van der Waals surface area contributed by atoms with Gasteiger partial charge in [-0.05, 0) is 39.2 Å². The summed E-state index contributed by atoms with van der Waals surface area (Å²) in [5.74, 6) is -0.0628. The van der Waals surface area contributed by atoms with Crippen LogP contribution in [0.4, 0.5) is 0 Å². The van der Waals surface area contributed by atoms with Gasteiger partial charge in [-0.3, -0.25) is 0 Å². The van der Waals surface area contributed by atoms with Crippen molar-refractivity contribution in [3.63, 3.8) is 0 Å². The molecule has 0 aliphatic carbocycles. The molecule has 0 atom stereocenters. The lowest BCUT2D eigenvalue weighted by Gasteiger charge is -2.32. The first-order chi connectivity index (χ1) is 11.1. The minimum atomic E-state index is -0.537. The van der Waals surface area contributed by atoms with Crippen molar-refractivity contribution in [3.8, 4) is 0 Å². The number of methoxy groups -OCH3 is 1. The average Bonchev–Trinajstić information content (AvgIpc) is 2.73. The summed E-state index contributed by atoms with van der Waals surface area (Å²) < 4.78 is 16.8. The van der Waals surface area contributed by atoms with Crippen molar-refractivity contribution in [2.75, 3.05) is 12.9 Å². The highest BCUT2D eigenvalue weighted by Crippen LogP contribution is 2.39. The maximum atomic E-state index is 11.7. The van der Waals surface area contributed by atoms with Crippen LogP contribution in [0.25, 0.3) is 6.08 Å². The number of pyridine rings is 1. The summed E-state index contributed by atoms with van der Waals surface area (Å²) in [4.78, 5) is 15.7. The standard InChI is InChI=1S/C16H21BClNO4S/c1-15(2)16(3,4)23-17(22-15)12(9-24)7-10-6-11(14(20)21-5)8-19-13(10)18/h6-8,24H,9H2,1-5H3. The molecule has 0 radical (unpaired) electrons. The Balaban J connectivity index is 2.37. The molecule has 1 saturated heterocycles. The van der Waals surface area contributed by atoms with E-state index in [-0.39, 0.29) is 5.15 Å². The number of ether oxygens (including phenoxy) is 1. The fraction of sp³-hybridized carbons (Fsp3) is 0.500. The molecule has 0 aromatic carbocycles. The van der Waals surface area contributed by atoms with Crippen molar-refractivity contribution in [2.45, 2.75) is 38.9 Å². The molecule has 130 valence electrons. The molecule has 0 N–H and O–H groups in total. The van der Waals surface area contributed by atoms with Gasteiger partial charge in [-0.25, -0.2) is 9.78 Å². The van der Waals surface area contributed by atoms with Crippen LogP contribution in [-0.4, -0.2) is 42.1 Å². The molecule has 24 heavy (non-hydrogen) atoms. The molecule has 1 aliphatic rings. The lowest BCUT2D eigenvalue weighted by molar-refractivity contribution is 0.00578. The fourth-order valence-corrected chi connectivity index (χ4v) is 2.58. The van der Waals surface area contributed by atoms with Gasteiger partial charge in [-0.15, -0.1) is 0 Å². The van der Waals surface area contributed by atoms with Crippen molar-refractivity contribution in [1.82, 2.24) is 4.98 Å². The Morgan fingerprint density at radius 1 is 1.38 bits per heavy atom. The Morgan fingerprint density at radius 2 is 1.96 bits per heavy atom. The first-order valence-corrected chi connectivity index (χ1v) is 8.53. The van der Waals surface area contributed by atoms with E-state index >= 15 is 0 Å². The van der Waals surface area contributed by atoms with Gasteiger partial charge in [-0.1, -0.05) is 17.7 Å². The third kappa shape index (κ3) is 3.80. The van der Waals surface area contributed by atoms with Gasteiger partial charge >= 0.3 is 13.1 Å². The lowest BCUT2D eigenvalue weighted by atomic mass is 9.78. The molecule has 2 heterocycles. The van der Waals surface area contributed by atoms with E-state index in [1.54, 1.807) is 12.1 Å². The molecule has 0 bridgehead atoms. The SMILES string of the molecule is COC(=O)c1cnc(Cl)c(C=C(CS)B2OC(C)(C)C(C)(C)O2)c1. The highest BCUT2D eigenvalue weighted by molar-refractivity contribution is 7.80. The van der Waals surface area contributed by atoms with E-state index in [9.17, 15) is 4.79 Å². The molecule has 1 aromatic heterocycles. The average molecular weight is 370 g/mol. The van der Waals surface area contributed by atoms with Gasteiger partial charge in [0.2, 0.25) is 0 Å². The molecule has 1 aliphatic heterocycles. The number of hydrogen-bond acceptors (Lipinski definition) is 6. The van der Waals surface area contributed by atoms with Crippen LogP contribution in [0.2, 0.25) is 5.15 Å². The van der Waals surface area contributed by atoms with Crippen LogP contribution in [0.15, 0.2) is 17.7 Å². The number of esters is 1. The zero-order valence-corrected chi connectivity index (χ0v) is 16.1. The van der Waals surface area contributed by atoms with Gasteiger partial charge in [0.25, 0.3) is 0 Å². The molecular formula is C16H21BClNO4S. The van der Waals surface area contributed by atoms with E-state index in [1.165, 1.54) is 13.3 Å². The third-order valence-corrected chi connectivity index (χ3v) is 5.05. The number of carbonyl (C=O) groups is 1. The largest absolute Gasteiger partial charge is 0.491 e. The Hall–Kier alpha value is -1.02. The quantitative estimate of drug-likeness (QED) is 0.381. The zero-order valence-electron chi connectivity index (χ0n) is 14.4.